The second-order valence-corrected chi connectivity index (χ2v) is 7.98. The Kier molecular flexibility index (Phi) is 7.44. The van der Waals surface area contributed by atoms with E-state index in [2.05, 4.69) is 77.4 Å². The molecule has 8 heteroatoms. The number of hydrogen-bond donors (Lipinski definition) is 1. The lowest BCUT2D eigenvalue weighted by Gasteiger charge is -2.39. The van der Waals surface area contributed by atoms with E-state index in [1.165, 1.54) is 5.56 Å². The highest BCUT2D eigenvalue weighted by molar-refractivity contribution is 9.10. The highest BCUT2D eigenvalue weighted by Crippen LogP contribution is 2.23. The highest BCUT2D eigenvalue weighted by Gasteiger charge is 2.23. The van der Waals surface area contributed by atoms with Crippen LogP contribution in [0.4, 0.5) is 0 Å². The molecule has 0 amide bonds. The Balaban J connectivity index is 1.42. The average Bonchev–Trinajstić information content (AvgIpc) is 3.13. The molecule has 0 saturated carbocycles. The number of piperazine rings is 1. The fourth-order valence-corrected chi connectivity index (χ4v) is 3.75. The van der Waals surface area contributed by atoms with Crippen molar-refractivity contribution in [1.82, 2.24) is 25.3 Å². The van der Waals surface area contributed by atoms with Crippen molar-refractivity contribution in [2.24, 2.45) is 4.99 Å². The summed E-state index contributed by atoms with van der Waals surface area (Å²) in [5, 5.41) is 7.28. The summed E-state index contributed by atoms with van der Waals surface area (Å²) >= 11 is 3.51. The molecule has 1 fully saturated rings. The zero-order chi connectivity index (χ0) is 19.9. The van der Waals surface area contributed by atoms with Gasteiger partial charge in [-0.05, 0) is 38.0 Å². The largest absolute Gasteiger partial charge is 0.356 e. The summed E-state index contributed by atoms with van der Waals surface area (Å²) in [6.07, 6.45) is 1.71. The summed E-state index contributed by atoms with van der Waals surface area (Å²) in [4.78, 5) is 13.6. The maximum Gasteiger partial charge on any atom is 0.226 e. The van der Waals surface area contributed by atoms with Crippen molar-refractivity contribution >= 4 is 21.9 Å². The van der Waals surface area contributed by atoms with Crippen molar-refractivity contribution in [3.8, 4) is 0 Å². The van der Waals surface area contributed by atoms with Gasteiger partial charge in [0, 0.05) is 56.7 Å². The van der Waals surface area contributed by atoms with Gasteiger partial charge in [0.1, 0.15) is 0 Å². The standard InChI is InChI=1S/C20H29BrN6O/c1-15(17-6-8-18(21)9-7-17)26-11-13-27(14-12-26)20(22-3)23-10-4-5-19-24-16(2)25-28-19/h6-9,15H,4-5,10-14H2,1-3H3,(H,22,23). The van der Waals surface area contributed by atoms with E-state index in [-0.39, 0.29) is 0 Å². The summed E-state index contributed by atoms with van der Waals surface area (Å²) in [5.74, 6) is 2.36. The number of nitrogens with one attached hydrogen (secondary N) is 1. The zero-order valence-corrected chi connectivity index (χ0v) is 18.4. The van der Waals surface area contributed by atoms with E-state index < -0.39 is 0 Å². The highest BCUT2D eigenvalue weighted by atomic mass is 79.9. The van der Waals surface area contributed by atoms with Crippen molar-refractivity contribution in [2.75, 3.05) is 39.8 Å². The molecule has 2 heterocycles. The molecule has 0 aliphatic carbocycles. The number of aliphatic imine (C=N–C) groups is 1. The third kappa shape index (κ3) is 5.54. The van der Waals surface area contributed by atoms with E-state index in [1.807, 2.05) is 14.0 Å². The molecule has 3 rings (SSSR count). The van der Waals surface area contributed by atoms with E-state index in [0.29, 0.717) is 17.8 Å². The SMILES string of the molecule is CN=C(NCCCc1nc(C)no1)N1CCN(C(C)c2ccc(Br)cc2)CC1. The minimum absolute atomic E-state index is 0.420. The second kappa shape index (κ2) is 10.0. The van der Waals surface area contributed by atoms with Gasteiger partial charge >= 0.3 is 0 Å². The van der Waals surface area contributed by atoms with Gasteiger partial charge in [0.15, 0.2) is 11.8 Å². The van der Waals surface area contributed by atoms with E-state index in [1.54, 1.807) is 0 Å². The van der Waals surface area contributed by atoms with Crippen LogP contribution in [-0.4, -0.2) is 65.7 Å². The lowest BCUT2D eigenvalue weighted by atomic mass is 10.1. The molecule has 1 aromatic carbocycles. The maximum atomic E-state index is 5.15. The van der Waals surface area contributed by atoms with Gasteiger partial charge in [0.2, 0.25) is 5.89 Å². The maximum absolute atomic E-state index is 5.15. The van der Waals surface area contributed by atoms with Gasteiger partial charge in [-0.1, -0.05) is 33.2 Å². The number of guanidine groups is 1. The van der Waals surface area contributed by atoms with Crippen LogP contribution in [0.25, 0.3) is 0 Å². The Morgan fingerprint density at radius 2 is 1.96 bits per heavy atom. The first-order valence-corrected chi connectivity index (χ1v) is 10.6. The summed E-state index contributed by atoms with van der Waals surface area (Å²) in [7, 11) is 1.85. The van der Waals surface area contributed by atoms with Crippen LogP contribution in [0.15, 0.2) is 38.3 Å². The average molecular weight is 449 g/mol. The minimum atomic E-state index is 0.420. The Morgan fingerprint density at radius 3 is 2.57 bits per heavy atom. The topological polar surface area (TPSA) is 69.8 Å². The van der Waals surface area contributed by atoms with Crippen molar-refractivity contribution in [3.05, 3.63) is 46.0 Å². The smallest absolute Gasteiger partial charge is 0.226 e. The number of halogens is 1. The van der Waals surface area contributed by atoms with Gasteiger partial charge in [-0.15, -0.1) is 0 Å². The number of aryl methyl sites for hydroxylation is 2. The molecular weight excluding hydrogens is 420 g/mol. The number of aromatic nitrogens is 2. The van der Waals surface area contributed by atoms with Gasteiger partial charge < -0.3 is 14.7 Å². The Morgan fingerprint density at radius 1 is 1.25 bits per heavy atom. The van der Waals surface area contributed by atoms with Crippen molar-refractivity contribution in [3.63, 3.8) is 0 Å². The molecule has 0 bridgehead atoms. The third-order valence-corrected chi connectivity index (χ3v) is 5.67. The van der Waals surface area contributed by atoms with Crippen LogP contribution in [0.5, 0.6) is 0 Å². The van der Waals surface area contributed by atoms with Gasteiger partial charge in [-0.2, -0.15) is 4.98 Å². The quantitative estimate of drug-likeness (QED) is 0.416. The first-order chi connectivity index (χ1) is 13.6. The molecule has 28 heavy (non-hydrogen) atoms. The number of nitrogens with zero attached hydrogens (tertiary/aromatic N) is 5. The molecule has 1 saturated heterocycles. The molecule has 1 atom stereocenters. The monoisotopic (exact) mass is 448 g/mol. The zero-order valence-electron chi connectivity index (χ0n) is 16.9. The number of hydrogen-bond acceptors (Lipinski definition) is 5. The Hall–Kier alpha value is -1.93. The van der Waals surface area contributed by atoms with Gasteiger partial charge in [0.05, 0.1) is 0 Å². The summed E-state index contributed by atoms with van der Waals surface area (Å²) < 4.78 is 6.28. The van der Waals surface area contributed by atoms with E-state index in [9.17, 15) is 0 Å². The van der Waals surface area contributed by atoms with Gasteiger partial charge in [-0.3, -0.25) is 9.89 Å². The molecule has 152 valence electrons. The first kappa shape index (κ1) is 20.8. The van der Waals surface area contributed by atoms with Crippen LogP contribution in [0, 0.1) is 6.92 Å². The molecular formula is C20H29BrN6O. The molecule has 7 nitrogen and oxygen atoms in total. The predicted octanol–water partition coefficient (Wildman–Crippen LogP) is 3.03. The van der Waals surface area contributed by atoms with Crippen molar-refractivity contribution in [2.45, 2.75) is 32.7 Å². The van der Waals surface area contributed by atoms with E-state index >= 15 is 0 Å². The predicted molar refractivity (Wildman–Crippen MR) is 114 cm³/mol. The Labute approximate surface area is 175 Å². The minimum Gasteiger partial charge on any atom is -0.356 e. The fourth-order valence-electron chi connectivity index (χ4n) is 3.49. The Bertz CT molecular complexity index is 767. The lowest BCUT2D eigenvalue weighted by Crippen LogP contribution is -2.53. The molecule has 1 aliphatic heterocycles. The molecule has 1 aromatic heterocycles. The van der Waals surface area contributed by atoms with E-state index in [0.717, 1.165) is 56.0 Å². The third-order valence-electron chi connectivity index (χ3n) is 5.15. The summed E-state index contributed by atoms with van der Waals surface area (Å²) in [6, 6.07) is 9.05. The molecule has 1 unspecified atom stereocenters. The lowest BCUT2D eigenvalue weighted by molar-refractivity contribution is 0.138. The number of rotatable bonds is 6. The molecule has 1 N–H and O–H groups in total. The summed E-state index contributed by atoms with van der Waals surface area (Å²) in [5.41, 5.74) is 1.36. The van der Waals surface area contributed by atoms with Crippen LogP contribution in [0.2, 0.25) is 0 Å². The fraction of sp³-hybridized carbons (Fsp3) is 0.550. The van der Waals surface area contributed by atoms with E-state index in [4.69, 9.17) is 4.52 Å². The van der Waals surface area contributed by atoms with Crippen molar-refractivity contribution < 1.29 is 4.52 Å². The number of benzene rings is 1. The van der Waals surface area contributed by atoms with Crippen molar-refractivity contribution in [1.29, 1.82) is 0 Å². The van der Waals surface area contributed by atoms with Gasteiger partial charge in [-0.25, -0.2) is 0 Å². The van der Waals surface area contributed by atoms with Crippen LogP contribution in [0.3, 0.4) is 0 Å². The normalized spacial score (nSPS) is 17.0. The second-order valence-electron chi connectivity index (χ2n) is 7.06. The van der Waals surface area contributed by atoms with Crippen LogP contribution in [0.1, 0.15) is 36.7 Å². The molecule has 1 aliphatic rings. The molecule has 0 radical (unpaired) electrons. The van der Waals surface area contributed by atoms with Crippen LogP contribution < -0.4 is 5.32 Å². The molecule has 0 spiro atoms. The van der Waals surface area contributed by atoms with Crippen LogP contribution >= 0.6 is 15.9 Å². The van der Waals surface area contributed by atoms with Crippen LogP contribution in [-0.2, 0) is 6.42 Å². The summed E-state index contributed by atoms with van der Waals surface area (Å²) in [6.45, 7) is 8.96. The molecule has 2 aromatic rings. The van der Waals surface area contributed by atoms with Gasteiger partial charge in [0.25, 0.3) is 0 Å². The first-order valence-electron chi connectivity index (χ1n) is 9.81.